The summed E-state index contributed by atoms with van der Waals surface area (Å²) < 4.78 is 5.87. The van der Waals surface area contributed by atoms with Crippen LogP contribution in [-0.2, 0) is 0 Å². The summed E-state index contributed by atoms with van der Waals surface area (Å²) in [6.45, 7) is 4.19. The summed E-state index contributed by atoms with van der Waals surface area (Å²) in [5, 5.41) is 13.8. The van der Waals surface area contributed by atoms with Gasteiger partial charge in [-0.1, -0.05) is 31.1 Å². The van der Waals surface area contributed by atoms with E-state index in [9.17, 15) is 4.79 Å². The molecule has 0 saturated carbocycles. The standard InChI is InChI=1S/C14H12N2O3S/c1-7(2)13-15-12-8(4-3-5-11(12)20-13)9-6-10(14(17)18)19-16-9/h3-7H,1-2H3,(H,17,18). The first kappa shape index (κ1) is 12.8. The Bertz CT molecular complexity index is 789. The van der Waals surface area contributed by atoms with Crippen LogP contribution < -0.4 is 0 Å². The zero-order valence-corrected chi connectivity index (χ0v) is 11.8. The fraction of sp³-hybridized carbons (Fsp3) is 0.214. The van der Waals surface area contributed by atoms with Crippen molar-refractivity contribution in [1.29, 1.82) is 0 Å². The van der Waals surface area contributed by atoms with Crippen LogP contribution in [0.4, 0.5) is 0 Å². The molecule has 0 aliphatic heterocycles. The minimum Gasteiger partial charge on any atom is -0.475 e. The predicted molar refractivity (Wildman–Crippen MR) is 76.2 cm³/mol. The van der Waals surface area contributed by atoms with Gasteiger partial charge < -0.3 is 9.63 Å². The first-order valence-corrected chi connectivity index (χ1v) is 6.97. The van der Waals surface area contributed by atoms with Gasteiger partial charge in [-0.2, -0.15) is 0 Å². The lowest BCUT2D eigenvalue weighted by atomic mass is 10.1. The van der Waals surface area contributed by atoms with Crippen molar-refractivity contribution in [1.82, 2.24) is 10.1 Å². The number of hydrogen-bond donors (Lipinski definition) is 1. The highest BCUT2D eigenvalue weighted by Crippen LogP contribution is 2.33. The maximum Gasteiger partial charge on any atom is 0.374 e. The van der Waals surface area contributed by atoms with Crippen LogP contribution in [0.15, 0.2) is 28.8 Å². The number of nitrogens with zero attached hydrogens (tertiary/aromatic N) is 2. The molecule has 0 unspecified atom stereocenters. The minimum absolute atomic E-state index is 0.170. The van der Waals surface area contributed by atoms with E-state index in [0.29, 0.717) is 11.6 Å². The van der Waals surface area contributed by atoms with Gasteiger partial charge in [-0.15, -0.1) is 11.3 Å². The number of carboxylic acid groups (broad SMARTS) is 1. The van der Waals surface area contributed by atoms with Crippen LogP contribution in [0, 0.1) is 0 Å². The Hall–Kier alpha value is -2.21. The number of thiazole rings is 1. The van der Waals surface area contributed by atoms with Crippen molar-refractivity contribution in [3.63, 3.8) is 0 Å². The summed E-state index contributed by atoms with van der Waals surface area (Å²) in [7, 11) is 0. The lowest BCUT2D eigenvalue weighted by Gasteiger charge is -1.97. The van der Waals surface area contributed by atoms with Crippen LogP contribution >= 0.6 is 11.3 Å². The molecule has 5 nitrogen and oxygen atoms in total. The molecule has 20 heavy (non-hydrogen) atoms. The van der Waals surface area contributed by atoms with Gasteiger partial charge in [-0.3, -0.25) is 0 Å². The summed E-state index contributed by atoms with van der Waals surface area (Å²) in [5.74, 6) is -0.944. The number of aromatic carboxylic acids is 1. The van der Waals surface area contributed by atoms with Crippen LogP contribution in [0.25, 0.3) is 21.5 Å². The average molecular weight is 288 g/mol. The van der Waals surface area contributed by atoms with E-state index >= 15 is 0 Å². The number of carboxylic acids is 1. The molecule has 1 N–H and O–H groups in total. The second kappa shape index (κ2) is 4.72. The SMILES string of the molecule is CC(C)c1nc2c(-c3cc(C(=O)O)on3)cccc2s1. The van der Waals surface area contributed by atoms with E-state index in [-0.39, 0.29) is 5.76 Å². The molecule has 3 aromatic rings. The Balaban J connectivity index is 2.17. The molecule has 2 aromatic heterocycles. The van der Waals surface area contributed by atoms with Gasteiger partial charge in [0.05, 0.1) is 15.2 Å². The molecule has 0 aliphatic rings. The Morgan fingerprint density at radius 1 is 1.40 bits per heavy atom. The van der Waals surface area contributed by atoms with Crippen molar-refractivity contribution in [2.45, 2.75) is 19.8 Å². The molecule has 3 rings (SSSR count). The normalized spacial score (nSPS) is 11.3. The van der Waals surface area contributed by atoms with E-state index in [1.54, 1.807) is 11.3 Å². The second-order valence-corrected chi connectivity index (χ2v) is 5.80. The highest BCUT2D eigenvalue weighted by atomic mass is 32.1. The molecule has 1 aromatic carbocycles. The smallest absolute Gasteiger partial charge is 0.374 e. The third-order valence-corrected chi connectivity index (χ3v) is 4.25. The highest BCUT2D eigenvalue weighted by Gasteiger charge is 2.16. The lowest BCUT2D eigenvalue weighted by molar-refractivity contribution is 0.0652. The van der Waals surface area contributed by atoms with E-state index in [1.165, 1.54) is 6.07 Å². The van der Waals surface area contributed by atoms with E-state index in [2.05, 4.69) is 24.0 Å². The van der Waals surface area contributed by atoms with Crippen LogP contribution in [0.1, 0.15) is 35.3 Å². The average Bonchev–Trinajstić information content (AvgIpc) is 3.05. The summed E-state index contributed by atoms with van der Waals surface area (Å²) in [5.41, 5.74) is 2.13. The van der Waals surface area contributed by atoms with Crippen LogP contribution in [0.3, 0.4) is 0 Å². The largest absolute Gasteiger partial charge is 0.475 e. The van der Waals surface area contributed by atoms with Crippen molar-refractivity contribution in [2.24, 2.45) is 0 Å². The van der Waals surface area contributed by atoms with Gasteiger partial charge in [-0.05, 0) is 6.07 Å². The van der Waals surface area contributed by atoms with Crippen molar-refractivity contribution >= 4 is 27.5 Å². The second-order valence-electron chi connectivity index (χ2n) is 4.74. The van der Waals surface area contributed by atoms with Crippen molar-refractivity contribution in [3.05, 3.63) is 35.0 Å². The first-order chi connectivity index (χ1) is 9.56. The molecular formula is C14H12N2O3S. The fourth-order valence-electron chi connectivity index (χ4n) is 1.92. The van der Waals surface area contributed by atoms with Gasteiger partial charge in [0.2, 0.25) is 5.76 Å². The van der Waals surface area contributed by atoms with Crippen molar-refractivity contribution < 1.29 is 14.4 Å². The number of carbonyl (C=O) groups is 1. The molecule has 6 heteroatoms. The van der Waals surface area contributed by atoms with Gasteiger partial charge in [0.15, 0.2) is 0 Å². The van der Waals surface area contributed by atoms with E-state index < -0.39 is 5.97 Å². The Kier molecular flexibility index (Phi) is 3.02. The number of benzene rings is 1. The molecule has 102 valence electrons. The Labute approximate surface area is 118 Å². The Morgan fingerprint density at radius 3 is 2.85 bits per heavy atom. The van der Waals surface area contributed by atoms with E-state index in [0.717, 1.165) is 20.8 Å². The van der Waals surface area contributed by atoms with Gasteiger partial charge in [0.1, 0.15) is 5.69 Å². The van der Waals surface area contributed by atoms with Gasteiger partial charge >= 0.3 is 5.97 Å². The van der Waals surface area contributed by atoms with Gasteiger partial charge in [0, 0.05) is 17.5 Å². The molecule has 0 bridgehead atoms. The zero-order chi connectivity index (χ0) is 14.3. The molecule has 0 saturated heterocycles. The molecule has 0 amide bonds. The molecule has 0 aliphatic carbocycles. The first-order valence-electron chi connectivity index (χ1n) is 6.16. The van der Waals surface area contributed by atoms with E-state index in [4.69, 9.17) is 9.63 Å². The highest BCUT2D eigenvalue weighted by molar-refractivity contribution is 7.18. The number of aromatic nitrogens is 2. The third-order valence-electron chi connectivity index (χ3n) is 2.93. The maximum absolute atomic E-state index is 10.9. The lowest BCUT2D eigenvalue weighted by Crippen LogP contribution is -1.91. The number of hydrogen-bond acceptors (Lipinski definition) is 5. The monoisotopic (exact) mass is 288 g/mol. The van der Waals surface area contributed by atoms with Gasteiger partial charge in [0.25, 0.3) is 0 Å². The van der Waals surface area contributed by atoms with Crippen LogP contribution in [0.5, 0.6) is 0 Å². The third kappa shape index (κ3) is 2.08. The van der Waals surface area contributed by atoms with Gasteiger partial charge in [-0.25, -0.2) is 9.78 Å². The maximum atomic E-state index is 10.9. The minimum atomic E-state index is -1.13. The Morgan fingerprint density at radius 2 is 2.20 bits per heavy atom. The van der Waals surface area contributed by atoms with Crippen LogP contribution in [0.2, 0.25) is 0 Å². The van der Waals surface area contributed by atoms with E-state index in [1.807, 2.05) is 18.2 Å². The summed E-state index contributed by atoms with van der Waals surface area (Å²) >= 11 is 1.64. The number of rotatable bonds is 3. The molecular weight excluding hydrogens is 276 g/mol. The van der Waals surface area contributed by atoms with Crippen molar-refractivity contribution in [3.8, 4) is 11.3 Å². The zero-order valence-electron chi connectivity index (χ0n) is 11.0. The summed E-state index contributed by atoms with van der Waals surface area (Å²) in [6.07, 6.45) is 0. The van der Waals surface area contributed by atoms with Crippen molar-refractivity contribution in [2.75, 3.05) is 0 Å². The van der Waals surface area contributed by atoms with Crippen LogP contribution in [-0.4, -0.2) is 21.2 Å². The molecule has 0 spiro atoms. The quantitative estimate of drug-likeness (QED) is 0.793. The molecule has 0 fully saturated rings. The summed E-state index contributed by atoms with van der Waals surface area (Å²) in [4.78, 5) is 15.5. The number of fused-ring (bicyclic) bond motifs is 1. The number of para-hydroxylation sites is 1. The molecule has 0 radical (unpaired) electrons. The summed E-state index contributed by atoms with van der Waals surface area (Å²) in [6, 6.07) is 7.21. The topological polar surface area (TPSA) is 76.2 Å². The molecule has 0 atom stereocenters. The predicted octanol–water partition coefficient (Wildman–Crippen LogP) is 3.77. The fourth-order valence-corrected chi connectivity index (χ4v) is 2.92. The molecule has 2 heterocycles.